The van der Waals surface area contributed by atoms with Gasteiger partial charge in [-0.15, -0.1) is 0 Å². The smallest absolute Gasteiger partial charge is 0.282 e. The van der Waals surface area contributed by atoms with Crippen LogP contribution >= 0.6 is 0 Å². The van der Waals surface area contributed by atoms with Gasteiger partial charge in [0.15, 0.2) is 11.5 Å². The van der Waals surface area contributed by atoms with Crippen LogP contribution in [0.3, 0.4) is 0 Å². The van der Waals surface area contributed by atoms with Gasteiger partial charge in [-0.2, -0.15) is 0 Å². The maximum atomic E-state index is 12.4. The first-order chi connectivity index (χ1) is 13.5. The summed E-state index contributed by atoms with van der Waals surface area (Å²) in [5.74, 6) is 0.567. The van der Waals surface area contributed by atoms with Crippen LogP contribution in [-0.4, -0.2) is 36.6 Å². The lowest BCUT2D eigenvalue weighted by molar-refractivity contribution is -0.385. The van der Waals surface area contributed by atoms with Crippen LogP contribution in [0.5, 0.6) is 11.5 Å². The molecular formula is C19H17N3O6. The van der Waals surface area contributed by atoms with E-state index in [-0.39, 0.29) is 42.8 Å². The predicted octanol–water partition coefficient (Wildman–Crippen LogP) is 2.11. The third-order valence-corrected chi connectivity index (χ3v) is 4.77. The van der Waals surface area contributed by atoms with Crippen LogP contribution in [0.25, 0.3) is 0 Å². The second-order valence-corrected chi connectivity index (χ2v) is 6.60. The van der Waals surface area contributed by atoms with Crippen molar-refractivity contribution in [3.63, 3.8) is 0 Å². The summed E-state index contributed by atoms with van der Waals surface area (Å²) in [6.45, 7) is 0.848. The number of carbonyl (C=O) groups excluding carboxylic acids is 2. The number of anilines is 1. The Kier molecular flexibility index (Phi) is 4.56. The Morgan fingerprint density at radius 2 is 2.00 bits per heavy atom. The summed E-state index contributed by atoms with van der Waals surface area (Å²) in [7, 11) is 0. The molecule has 1 N–H and O–H groups in total. The average Bonchev–Trinajstić information content (AvgIpc) is 3.31. The van der Waals surface area contributed by atoms with E-state index in [0.717, 1.165) is 0 Å². The number of carbonyl (C=O) groups is 2. The molecule has 2 aromatic rings. The SMILES string of the molecule is O=C(NCC1CC(=O)N(c2ccc3c(c2)OCO3)C1)c1ccccc1[N+](=O)[O-]. The number of benzene rings is 2. The fraction of sp³-hybridized carbons (Fsp3) is 0.263. The summed E-state index contributed by atoms with van der Waals surface area (Å²) in [6.07, 6.45) is 0.283. The van der Waals surface area contributed by atoms with E-state index < -0.39 is 10.8 Å². The van der Waals surface area contributed by atoms with Crippen LogP contribution in [0, 0.1) is 16.0 Å². The maximum absolute atomic E-state index is 12.4. The molecule has 1 atom stereocenters. The number of nitrogens with one attached hydrogen (secondary N) is 1. The lowest BCUT2D eigenvalue weighted by Gasteiger charge is -2.17. The van der Waals surface area contributed by atoms with Gasteiger partial charge in [-0.05, 0) is 18.2 Å². The average molecular weight is 383 g/mol. The Morgan fingerprint density at radius 1 is 1.21 bits per heavy atom. The van der Waals surface area contributed by atoms with Crippen LogP contribution in [0.1, 0.15) is 16.8 Å². The molecule has 0 aromatic heterocycles. The molecule has 0 aliphatic carbocycles. The molecule has 9 nitrogen and oxygen atoms in total. The summed E-state index contributed by atoms with van der Waals surface area (Å²) < 4.78 is 10.6. The highest BCUT2D eigenvalue weighted by Crippen LogP contribution is 2.37. The normalized spacial score (nSPS) is 17.6. The van der Waals surface area contributed by atoms with E-state index in [9.17, 15) is 19.7 Å². The first kappa shape index (κ1) is 17.8. The number of amides is 2. The molecule has 4 rings (SSSR count). The maximum Gasteiger partial charge on any atom is 0.282 e. The van der Waals surface area contributed by atoms with Gasteiger partial charge in [-0.3, -0.25) is 19.7 Å². The molecule has 1 unspecified atom stereocenters. The molecule has 28 heavy (non-hydrogen) atoms. The molecule has 0 saturated carbocycles. The predicted molar refractivity (Wildman–Crippen MR) is 98.5 cm³/mol. The minimum Gasteiger partial charge on any atom is -0.454 e. The van der Waals surface area contributed by atoms with Crippen molar-refractivity contribution in [2.75, 3.05) is 24.8 Å². The van der Waals surface area contributed by atoms with E-state index in [1.165, 1.54) is 18.2 Å². The van der Waals surface area contributed by atoms with Gasteiger partial charge in [0.2, 0.25) is 12.7 Å². The number of para-hydroxylation sites is 1. The number of hydrogen-bond donors (Lipinski definition) is 1. The highest BCUT2D eigenvalue weighted by molar-refractivity contribution is 5.98. The molecule has 0 spiro atoms. The molecule has 2 aromatic carbocycles. The lowest BCUT2D eigenvalue weighted by atomic mass is 10.1. The van der Waals surface area contributed by atoms with Gasteiger partial charge in [0.05, 0.1) is 4.92 Å². The minimum atomic E-state index is -0.588. The van der Waals surface area contributed by atoms with Crippen molar-refractivity contribution in [2.45, 2.75) is 6.42 Å². The van der Waals surface area contributed by atoms with Crippen molar-refractivity contribution in [3.8, 4) is 11.5 Å². The number of nitrogens with zero attached hydrogens (tertiary/aromatic N) is 2. The Morgan fingerprint density at radius 3 is 2.82 bits per heavy atom. The van der Waals surface area contributed by atoms with Gasteiger partial charge >= 0.3 is 0 Å². The number of ether oxygens (including phenoxy) is 2. The molecule has 144 valence electrons. The molecular weight excluding hydrogens is 366 g/mol. The van der Waals surface area contributed by atoms with Crippen molar-refractivity contribution in [2.24, 2.45) is 5.92 Å². The van der Waals surface area contributed by atoms with E-state index in [4.69, 9.17) is 9.47 Å². The summed E-state index contributed by atoms with van der Waals surface area (Å²) in [5.41, 5.74) is 0.468. The van der Waals surface area contributed by atoms with Crippen LogP contribution in [0.15, 0.2) is 42.5 Å². The van der Waals surface area contributed by atoms with Gasteiger partial charge in [-0.1, -0.05) is 12.1 Å². The molecule has 1 saturated heterocycles. The second kappa shape index (κ2) is 7.18. The molecule has 2 heterocycles. The Labute approximate surface area is 160 Å². The zero-order valence-corrected chi connectivity index (χ0v) is 14.8. The van der Waals surface area contributed by atoms with Gasteiger partial charge in [0.1, 0.15) is 5.56 Å². The summed E-state index contributed by atoms with van der Waals surface area (Å²) in [6, 6.07) is 11.1. The zero-order valence-electron chi connectivity index (χ0n) is 14.8. The molecule has 1 fully saturated rings. The molecule has 0 bridgehead atoms. The lowest BCUT2D eigenvalue weighted by Crippen LogP contribution is -2.31. The van der Waals surface area contributed by atoms with Crippen LogP contribution in [0.2, 0.25) is 0 Å². The van der Waals surface area contributed by atoms with Gasteiger partial charge in [0, 0.05) is 43.2 Å². The number of hydrogen-bond acceptors (Lipinski definition) is 6. The van der Waals surface area contributed by atoms with E-state index in [0.29, 0.717) is 23.7 Å². The van der Waals surface area contributed by atoms with Gasteiger partial charge in [0.25, 0.3) is 11.6 Å². The summed E-state index contributed by atoms with van der Waals surface area (Å²) >= 11 is 0. The zero-order chi connectivity index (χ0) is 19.7. The van der Waals surface area contributed by atoms with Crippen molar-refractivity contribution < 1.29 is 24.0 Å². The fourth-order valence-corrected chi connectivity index (χ4v) is 3.38. The molecule has 9 heteroatoms. The van der Waals surface area contributed by atoms with Crippen molar-refractivity contribution >= 4 is 23.2 Å². The minimum absolute atomic E-state index is 0.00412. The molecule has 2 aliphatic rings. The fourth-order valence-electron chi connectivity index (χ4n) is 3.38. The molecule has 2 amide bonds. The third-order valence-electron chi connectivity index (χ3n) is 4.77. The Hall–Kier alpha value is -3.62. The highest BCUT2D eigenvalue weighted by atomic mass is 16.7. The Bertz CT molecular complexity index is 960. The van der Waals surface area contributed by atoms with E-state index >= 15 is 0 Å². The monoisotopic (exact) mass is 383 g/mol. The van der Waals surface area contributed by atoms with Crippen molar-refractivity contribution in [3.05, 3.63) is 58.1 Å². The number of fused-ring (bicyclic) bond motifs is 1. The number of rotatable bonds is 5. The van der Waals surface area contributed by atoms with E-state index in [2.05, 4.69) is 5.32 Å². The first-order valence-electron chi connectivity index (χ1n) is 8.74. The Balaban J connectivity index is 1.40. The quantitative estimate of drug-likeness (QED) is 0.625. The van der Waals surface area contributed by atoms with Crippen LogP contribution in [-0.2, 0) is 4.79 Å². The van der Waals surface area contributed by atoms with Gasteiger partial charge in [-0.25, -0.2) is 0 Å². The van der Waals surface area contributed by atoms with Crippen molar-refractivity contribution in [1.82, 2.24) is 5.32 Å². The standard InChI is InChI=1S/C19H17N3O6/c23-18-7-12(9-20-19(24)14-3-1-2-4-15(14)22(25)26)10-21(18)13-5-6-16-17(8-13)28-11-27-16/h1-6,8,12H,7,9-11H2,(H,20,24). The first-order valence-corrected chi connectivity index (χ1v) is 8.74. The van der Waals surface area contributed by atoms with Crippen LogP contribution in [0.4, 0.5) is 11.4 Å². The number of nitro benzene ring substituents is 1. The highest BCUT2D eigenvalue weighted by Gasteiger charge is 2.32. The van der Waals surface area contributed by atoms with Gasteiger partial charge < -0.3 is 19.7 Å². The van der Waals surface area contributed by atoms with E-state index in [1.54, 1.807) is 29.2 Å². The summed E-state index contributed by atoms with van der Waals surface area (Å²) in [4.78, 5) is 36.9. The van der Waals surface area contributed by atoms with Crippen LogP contribution < -0.4 is 19.7 Å². The largest absolute Gasteiger partial charge is 0.454 e. The molecule has 0 radical (unpaired) electrons. The van der Waals surface area contributed by atoms with E-state index in [1.807, 2.05) is 0 Å². The second-order valence-electron chi connectivity index (χ2n) is 6.60. The summed E-state index contributed by atoms with van der Waals surface area (Å²) in [5, 5.41) is 13.8. The number of nitro groups is 1. The molecule has 2 aliphatic heterocycles. The third kappa shape index (κ3) is 3.34. The van der Waals surface area contributed by atoms with Crippen molar-refractivity contribution in [1.29, 1.82) is 0 Å². The topological polar surface area (TPSA) is 111 Å².